The predicted octanol–water partition coefficient (Wildman–Crippen LogP) is 2.92. The molecule has 2 aromatic rings. The summed E-state index contributed by atoms with van der Waals surface area (Å²) in [5.74, 6) is -0.980. The molecule has 1 amide bonds. The summed E-state index contributed by atoms with van der Waals surface area (Å²) < 4.78 is 5.78. The number of amides is 1. The van der Waals surface area contributed by atoms with Crippen LogP contribution >= 0.6 is 34.5 Å². The van der Waals surface area contributed by atoms with Crippen LogP contribution < -0.4 is 10.9 Å². The van der Waals surface area contributed by atoms with Crippen LogP contribution in [-0.2, 0) is 28.9 Å². The number of thiophene rings is 1. The molecule has 1 aliphatic rings. The van der Waals surface area contributed by atoms with Crippen molar-refractivity contribution in [1.29, 1.82) is 0 Å². The topological polar surface area (TPSA) is 90.3 Å². The summed E-state index contributed by atoms with van der Waals surface area (Å²) in [4.78, 5) is 37.6. The lowest BCUT2D eigenvalue weighted by Gasteiger charge is -2.11. The van der Waals surface area contributed by atoms with E-state index in [0.717, 1.165) is 40.8 Å². The Kier molecular flexibility index (Phi) is 5.64. The molecule has 0 saturated heterocycles. The molecule has 3 rings (SSSR count). The molecule has 0 spiro atoms. The van der Waals surface area contributed by atoms with Crippen LogP contribution in [0.4, 0.5) is 5.00 Å². The van der Waals surface area contributed by atoms with Crippen LogP contribution in [0.1, 0.15) is 33.6 Å². The van der Waals surface area contributed by atoms with Crippen LogP contribution in [0.15, 0.2) is 11.0 Å². The van der Waals surface area contributed by atoms with Crippen molar-refractivity contribution in [3.8, 4) is 0 Å². The summed E-state index contributed by atoms with van der Waals surface area (Å²) in [6.45, 7) is -0.348. The maximum absolute atomic E-state index is 12.4. The highest BCUT2D eigenvalue weighted by Gasteiger charge is 2.27. The van der Waals surface area contributed by atoms with Gasteiger partial charge in [-0.2, -0.15) is 5.10 Å². The van der Waals surface area contributed by atoms with E-state index in [4.69, 9.17) is 27.9 Å². The van der Waals surface area contributed by atoms with Gasteiger partial charge in [-0.05, 0) is 31.2 Å². The number of rotatable bonds is 4. The van der Waals surface area contributed by atoms with E-state index in [1.165, 1.54) is 24.6 Å². The second-order valence-electron chi connectivity index (χ2n) is 5.72. The number of aryl methyl sites for hydroxylation is 1. The number of hydrogen-bond donors (Lipinski definition) is 1. The van der Waals surface area contributed by atoms with E-state index in [9.17, 15) is 14.4 Å². The Balaban J connectivity index is 1.86. The number of fused-ring (bicyclic) bond motifs is 1. The van der Waals surface area contributed by atoms with Gasteiger partial charge < -0.3 is 10.1 Å². The van der Waals surface area contributed by atoms with Gasteiger partial charge in [-0.25, -0.2) is 9.48 Å². The molecule has 0 unspecified atom stereocenters. The van der Waals surface area contributed by atoms with Gasteiger partial charge in [-0.1, -0.05) is 23.2 Å². The number of esters is 1. The predicted molar refractivity (Wildman–Crippen MR) is 99.4 cm³/mol. The highest BCUT2D eigenvalue weighted by Crippen LogP contribution is 2.38. The summed E-state index contributed by atoms with van der Waals surface area (Å²) >= 11 is 12.9. The third-order valence-electron chi connectivity index (χ3n) is 4.05. The molecule has 26 heavy (non-hydrogen) atoms. The maximum Gasteiger partial charge on any atom is 0.341 e. The monoisotopic (exact) mass is 415 g/mol. The Labute approximate surface area is 162 Å². The number of methoxy groups -OCH3 is 1. The van der Waals surface area contributed by atoms with Gasteiger partial charge in [0, 0.05) is 4.88 Å². The average molecular weight is 416 g/mol. The highest BCUT2D eigenvalue weighted by molar-refractivity contribution is 7.17. The Morgan fingerprint density at radius 2 is 2.08 bits per heavy atom. The lowest BCUT2D eigenvalue weighted by atomic mass is 9.95. The van der Waals surface area contributed by atoms with E-state index in [1.807, 2.05) is 0 Å². The number of ether oxygens (including phenoxy) is 1. The molecule has 7 nitrogen and oxygen atoms in total. The van der Waals surface area contributed by atoms with Gasteiger partial charge in [0.2, 0.25) is 5.91 Å². The van der Waals surface area contributed by atoms with E-state index >= 15 is 0 Å². The van der Waals surface area contributed by atoms with E-state index in [2.05, 4.69) is 10.4 Å². The molecule has 0 saturated carbocycles. The van der Waals surface area contributed by atoms with Crippen LogP contribution in [0.3, 0.4) is 0 Å². The van der Waals surface area contributed by atoms with Crippen molar-refractivity contribution in [2.45, 2.75) is 32.2 Å². The third kappa shape index (κ3) is 3.62. The van der Waals surface area contributed by atoms with Gasteiger partial charge >= 0.3 is 5.97 Å². The number of anilines is 1. The Morgan fingerprint density at radius 3 is 2.81 bits per heavy atom. The first-order chi connectivity index (χ1) is 12.4. The molecule has 0 fully saturated rings. The van der Waals surface area contributed by atoms with E-state index < -0.39 is 17.4 Å². The van der Waals surface area contributed by atoms with Gasteiger partial charge in [-0.15, -0.1) is 11.3 Å². The minimum atomic E-state index is -0.659. The number of hydrogen-bond acceptors (Lipinski definition) is 6. The molecular weight excluding hydrogens is 401 g/mol. The highest BCUT2D eigenvalue weighted by atomic mass is 35.5. The average Bonchev–Trinajstić information content (AvgIpc) is 2.99. The maximum atomic E-state index is 12.4. The van der Waals surface area contributed by atoms with Crippen LogP contribution in [0, 0.1) is 0 Å². The van der Waals surface area contributed by atoms with Gasteiger partial charge in [0.25, 0.3) is 5.56 Å². The zero-order valence-electron chi connectivity index (χ0n) is 13.8. The Morgan fingerprint density at radius 1 is 1.35 bits per heavy atom. The molecule has 0 bridgehead atoms. The summed E-state index contributed by atoms with van der Waals surface area (Å²) in [6, 6.07) is 0. The molecule has 10 heteroatoms. The first kappa shape index (κ1) is 18.9. The van der Waals surface area contributed by atoms with Crippen molar-refractivity contribution in [2.24, 2.45) is 0 Å². The van der Waals surface area contributed by atoms with E-state index in [1.54, 1.807) is 0 Å². The van der Waals surface area contributed by atoms with Crippen molar-refractivity contribution in [3.05, 3.63) is 42.6 Å². The standard InChI is InChI=1S/C16H15Cl2N3O4S/c1-25-16(24)12-8-4-2-3-5-10(8)26-14(12)20-11(22)7-21-15(23)13(18)9(17)6-19-21/h6H,2-5,7H2,1H3,(H,20,22). The largest absolute Gasteiger partial charge is 0.465 e. The van der Waals surface area contributed by atoms with Gasteiger partial charge in [0.05, 0.1) is 23.9 Å². The molecule has 0 atom stereocenters. The summed E-state index contributed by atoms with van der Waals surface area (Å²) in [6.07, 6.45) is 4.88. The number of aromatic nitrogens is 2. The number of halogens is 2. The minimum Gasteiger partial charge on any atom is -0.465 e. The van der Waals surface area contributed by atoms with Crippen LogP contribution in [0.2, 0.25) is 10.0 Å². The van der Waals surface area contributed by atoms with Gasteiger partial charge in [0.1, 0.15) is 16.6 Å². The zero-order valence-corrected chi connectivity index (χ0v) is 16.1. The molecule has 1 aliphatic carbocycles. The molecule has 1 N–H and O–H groups in total. The van der Waals surface area contributed by atoms with Crippen molar-refractivity contribution in [2.75, 3.05) is 12.4 Å². The number of carbonyl (C=O) groups excluding carboxylic acids is 2. The van der Waals surface area contributed by atoms with Crippen molar-refractivity contribution in [3.63, 3.8) is 0 Å². The third-order valence-corrected chi connectivity index (χ3v) is 6.01. The fourth-order valence-electron chi connectivity index (χ4n) is 2.83. The molecular formula is C16H15Cl2N3O4S. The molecule has 0 aliphatic heterocycles. The minimum absolute atomic E-state index is 0.0206. The van der Waals surface area contributed by atoms with Crippen molar-refractivity contribution < 1.29 is 14.3 Å². The fourth-order valence-corrected chi connectivity index (χ4v) is 4.40. The number of carbonyl (C=O) groups is 2. The fraction of sp³-hybridized carbons (Fsp3) is 0.375. The summed E-state index contributed by atoms with van der Waals surface area (Å²) in [7, 11) is 1.31. The smallest absolute Gasteiger partial charge is 0.341 e. The SMILES string of the molecule is COC(=O)c1c(NC(=O)Cn2ncc(Cl)c(Cl)c2=O)sc2c1CCCC2. The Hall–Kier alpha value is -1.90. The molecule has 0 radical (unpaired) electrons. The van der Waals surface area contributed by atoms with E-state index in [0.29, 0.717) is 10.6 Å². The summed E-state index contributed by atoms with van der Waals surface area (Å²) in [5.41, 5.74) is 0.677. The van der Waals surface area contributed by atoms with Gasteiger partial charge in [0.15, 0.2) is 0 Å². The van der Waals surface area contributed by atoms with Crippen molar-refractivity contribution >= 4 is 51.4 Å². The lowest BCUT2D eigenvalue weighted by molar-refractivity contribution is -0.117. The van der Waals surface area contributed by atoms with Gasteiger partial charge in [-0.3, -0.25) is 9.59 Å². The quantitative estimate of drug-likeness (QED) is 0.775. The normalized spacial score (nSPS) is 13.2. The summed E-state index contributed by atoms with van der Waals surface area (Å²) in [5, 5.41) is 6.75. The van der Waals surface area contributed by atoms with Crippen LogP contribution in [0.5, 0.6) is 0 Å². The van der Waals surface area contributed by atoms with Crippen LogP contribution in [-0.4, -0.2) is 28.8 Å². The second kappa shape index (κ2) is 7.77. The van der Waals surface area contributed by atoms with Crippen LogP contribution in [0.25, 0.3) is 0 Å². The van der Waals surface area contributed by atoms with E-state index in [-0.39, 0.29) is 16.6 Å². The molecule has 0 aromatic carbocycles. The second-order valence-corrected chi connectivity index (χ2v) is 7.61. The first-order valence-corrected chi connectivity index (χ1v) is 9.43. The lowest BCUT2D eigenvalue weighted by Crippen LogP contribution is -2.30. The van der Waals surface area contributed by atoms with Crippen molar-refractivity contribution in [1.82, 2.24) is 9.78 Å². The number of nitrogens with zero attached hydrogens (tertiary/aromatic N) is 2. The molecule has 2 aromatic heterocycles. The first-order valence-electron chi connectivity index (χ1n) is 7.86. The Bertz CT molecular complexity index is 938. The molecule has 2 heterocycles. The molecule has 138 valence electrons. The number of nitrogens with one attached hydrogen (secondary N) is 1. The zero-order chi connectivity index (χ0) is 18.8.